The third kappa shape index (κ3) is 16.5. The van der Waals surface area contributed by atoms with E-state index in [2.05, 4.69) is 15.7 Å². The fourth-order valence-corrected chi connectivity index (χ4v) is 11.2. The monoisotopic (exact) mass is 865 g/mol. The normalized spacial score (nSPS) is 33.2. The van der Waals surface area contributed by atoms with Gasteiger partial charge in [-0.05, 0) is 152 Å². The predicted molar refractivity (Wildman–Crippen MR) is 227 cm³/mol. The van der Waals surface area contributed by atoms with Crippen molar-refractivity contribution < 1.29 is 58.5 Å². The number of carbonyl (C=O) groups is 3. The van der Waals surface area contributed by atoms with E-state index >= 15 is 0 Å². The molecule has 0 radical (unpaired) electrons. The molecule has 6 rings (SSSR count). The number of carboxylic acid groups (broad SMARTS) is 1. The van der Waals surface area contributed by atoms with Crippen molar-refractivity contribution >= 4 is 17.8 Å². The number of hydrogen-bond donors (Lipinski definition) is 4. The number of nitrogens with one attached hydrogen (secondary N) is 2. The quantitative estimate of drug-likeness (QED) is 0.0337. The summed E-state index contributed by atoms with van der Waals surface area (Å²) in [4.78, 5) is 60.1. The molecule has 6 atom stereocenters. The maximum atomic E-state index is 13.4. The van der Waals surface area contributed by atoms with Crippen molar-refractivity contribution in [2.24, 2.45) is 47.3 Å². The summed E-state index contributed by atoms with van der Waals surface area (Å²) in [6, 6.07) is 0.294. The summed E-state index contributed by atoms with van der Waals surface area (Å²) in [6.45, 7) is 3.58. The molecule has 0 saturated heterocycles. The Balaban J connectivity index is 0.781. The molecule has 0 aliphatic heterocycles. The van der Waals surface area contributed by atoms with E-state index in [1.165, 1.54) is 51.4 Å². The van der Waals surface area contributed by atoms with Crippen molar-refractivity contribution in [2.75, 3.05) is 46.2 Å². The Bertz CT molecular complexity index is 1260. The Morgan fingerprint density at radius 1 is 0.541 bits per heavy atom. The first kappa shape index (κ1) is 48.5. The topological polar surface area (TPSA) is 180 Å². The highest BCUT2D eigenvalue weighted by Gasteiger charge is 2.41. The maximum Gasteiger partial charge on any atom is 0.308 e. The van der Waals surface area contributed by atoms with Crippen molar-refractivity contribution in [3.05, 3.63) is 0 Å². The van der Waals surface area contributed by atoms with Crippen molar-refractivity contribution in [3.63, 3.8) is 0 Å². The molecule has 14 heteroatoms. The third-order valence-electron chi connectivity index (χ3n) is 15.2. The molecular weight excluding hydrogens is 785 g/mol. The van der Waals surface area contributed by atoms with Gasteiger partial charge in [-0.2, -0.15) is 5.48 Å². The molecular formula is C47H80N2O12. The van der Waals surface area contributed by atoms with Gasteiger partial charge in [0.1, 0.15) is 0 Å². The Hall–Kier alpha value is -1.91. The number of carboxylic acids is 1. The number of esters is 1. The van der Waals surface area contributed by atoms with E-state index in [1.54, 1.807) is 0 Å². The van der Waals surface area contributed by atoms with Crippen molar-refractivity contribution in [3.8, 4) is 0 Å². The molecule has 6 aliphatic rings. The van der Waals surface area contributed by atoms with Gasteiger partial charge in [0.05, 0.1) is 63.0 Å². The third-order valence-corrected chi connectivity index (χ3v) is 15.2. The molecule has 1 amide bonds. The number of hydroxylamine groups is 1. The zero-order valence-corrected chi connectivity index (χ0v) is 37.0. The average Bonchev–Trinajstić information content (AvgIpc) is 3.29. The van der Waals surface area contributed by atoms with Crippen LogP contribution in [0.15, 0.2) is 0 Å². The van der Waals surface area contributed by atoms with Gasteiger partial charge in [-0.25, -0.2) is 14.7 Å². The molecule has 0 aromatic carbocycles. The van der Waals surface area contributed by atoms with E-state index in [4.69, 9.17) is 28.8 Å². The minimum absolute atomic E-state index is 0.0409. The van der Waals surface area contributed by atoms with Gasteiger partial charge < -0.3 is 29.5 Å². The second-order valence-corrected chi connectivity index (χ2v) is 19.7. The van der Waals surface area contributed by atoms with E-state index in [-0.39, 0.29) is 66.4 Å². The highest BCUT2D eigenvalue weighted by atomic mass is 17.2. The van der Waals surface area contributed by atoms with Crippen LogP contribution in [-0.2, 0) is 48.1 Å². The minimum Gasteiger partial charge on any atom is -0.481 e. The standard InChI is InChI=1S/C47H80N2O12/c50-45(44-26-35(12-23-43(44)46(51)52)30-61-60-29-34-10-5-2-6-11-34)48-39-15-19-41(20-16-39)55-24-7-25-56-42-21-17-40(18-22-42)49-58-31-38-27-36(13-14-37(38)32-59-54)47(53)57-28-33-8-3-1-4-9-33/h33-44,49,54H,1-32H2,(H,48,50)(H,51,52). The van der Waals surface area contributed by atoms with Crippen molar-refractivity contribution in [2.45, 2.75) is 185 Å². The number of carbonyl (C=O) groups excluding carboxylic acids is 2. The predicted octanol–water partition coefficient (Wildman–Crippen LogP) is 7.96. The number of aliphatic carboxylic acids is 1. The van der Waals surface area contributed by atoms with Gasteiger partial charge in [-0.3, -0.25) is 19.6 Å². The van der Waals surface area contributed by atoms with Crippen molar-refractivity contribution in [1.29, 1.82) is 0 Å². The number of rotatable bonds is 23. The van der Waals surface area contributed by atoms with Crippen molar-refractivity contribution in [1.82, 2.24) is 10.8 Å². The highest BCUT2D eigenvalue weighted by molar-refractivity contribution is 5.85. The number of amides is 1. The van der Waals surface area contributed by atoms with Gasteiger partial charge >= 0.3 is 11.9 Å². The lowest BCUT2D eigenvalue weighted by Crippen LogP contribution is -2.47. The Morgan fingerprint density at radius 2 is 1.15 bits per heavy atom. The lowest BCUT2D eigenvalue weighted by atomic mass is 9.73. The van der Waals surface area contributed by atoms with Crippen LogP contribution in [0.2, 0.25) is 0 Å². The molecule has 0 aromatic rings. The van der Waals surface area contributed by atoms with E-state index in [9.17, 15) is 24.7 Å². The van der Waals surface area contributed by atoms with Crippen LogP contribution in [0, 0.1) is 47.3 Å². The molecule has 6 aliphatic carbocycles. The highest BCUT2D eigenvalue weighted by Crippen LogP contribution is 2.37. The molecule has 4 N–H and O–H groups in total. The maximum absolute atomic E-state index is 13.4. The number of hydrogen-bond acceptors (Lipinski definition) is 12. The van der Waals surface area contributed by atoms with Gasteiger partial charge in [-0.1, -0.05) is 38.5 Å². The van der Waals surface area contributed by atoms with E-state index in [1.807, 2.05) is 0 Å². The van der Waals surface area contributed by atoms with E-state index < -0.39 is 17.8 Å². The van der Waals surface area contributed by atoms with Crippen LogP contribution in [0.3, 0.4) is 0 Å². The molecule has 14 nitrogen and oxygen atoms in total. The van der Waals surface area contributed by atoms with Gasteiger partial charge in [0.25, 0.3) is 0 Å². The number of ether oxygens (including phenoxy) is 3. The Kier molecular flexibility index (Phi) is 21.3. The first-order chi connectivity index (χ1) is 29.8. The Labute approximate surface area is 364 Å². The molecule has 6 saturated carbocycles. The summed E-state index contributed by atoms with van der Waals surface area (Å²) in [5.74, 6) is -1.02. The summed E-state index contributed by atoms with van der Waals surface area (Å²) in [5.41, 5.74) is 3.28. The van der Waals surface area contributed by atoms with Crippen LogP contribution in [0.25, 0.3) is 0 Å². The zero-order chi connectivity index (χ0) is 42.7. The summed E-state index contributed by atoms with van der Waals surface area (Å²) in [6.07, 6.45) is 24.7. The second-order valence-electron chi connectivity index (χ2n) is 19.7. The van der Waals surface area contributed by atoms with Crippen LogP contribution >= 0.6 is 0 Å². The average molecular weight is 865 g/mol. The Morgan fingerprint density at radius 3 is 1.77 bits per heavy atom. The van der Waals surface area contributed by atoms with Crippen LogP contribution in [0.1, 0.15) is 161 Å². The first-order valence-electron chi connectivity index (χ1n) is 24.7. The molecule has 0 heterocycles. The molecule has 350 valence electrons. The van der Waals surface area contributed by atoms with Crippen LogP contribution < -0.4 is 10.8 Å². The summed E-state index contributed by atoms with van der Waals surface area (Å²) < 4.78 is 18.2. The van der Waals surface area contributed by atoms with E-state index in [0.717, 1.165) is 89.9 Å². The largest absolute Gasteiger partial charge is 0.481 e. The molecule has 6 fully saturated rings. The van der Waals surface area contributed by atoms with Gasteiger partial charge in [0.2, 0.25) is 5.91 Å². The SMILES string of the molecule is O=C(OCC1CCCCC1)C1CCC(COO)C(CONC2CCC(OCCCOC3CCC(NC(=O)C4CC(COOCC5CCCCC5)CCC4C(=O)O)CC3)CC2)C1. The van der Waals surface area contributed by atoms with Gasteiger partial charge in [0.15, 0.2) is 0 Å². The smallest absolute Gasteiger partial charge is 0.308 e. The van der Waals surface area contributed by atoms with Gasteiger partial charge in [-0.15, -0.1) is 0 Å². The summed E-state index contributed by atoms with van der Waals surface area (Å²) in [7, 11) is 0. The fraction of sp³-hybridized carbons (Fsp3) is 0.936. The summed E-state index contributed by atoms with van der Waals surface area (Å²) in [5, 5.41) is 22.3. The molecule has 6 unspecified atom stereocenters. The van der Waals surface area contributed by atoms with Crippen LogP contribution in [0.4, 0.5) is 0 Å². The molecule has 0 bridgehead atoms. The molecule has 0 spiro atoms. The molecule has 61 heavy (non-hydrogen) atoms. The minimum atomic E-state index is -0.889. The van der Waals surface area contributed by atoms with E-state index in [0.29, 0.717) is 70.7 Å². The lowest BCUT2D eigenvalue weighted by molar-refractivity contribution is -0.310. The van der Waals surface area contributed by atoms with Crippen LogP contribution in [-0.4, -0.2) is 98.7 Å². The fourth-order valence-electron chi connectivity index (χ4n) is 11.2. The zero-order valence-electron chi connectivity index (χ0n) is 37.0. The summed E-state index contributed by atoms with van der Waals surface area (Å²) >= 11 is 0. The molecule has 0 aromatic heterocycles. The second kappa shape index (κ2) is 26.8. The first-order valence-corrected chi connectivity index (χ1v) is 24.7. The lowest BCUT2D eigenvalue weighted by Gasteiger charge is -2.35. The van der Waals surface area contributed by atoms with Gasteiger partial charge in [0, 0.05) is 25.3 Å². The van der Waals surface area contributed by atoms with Crippen LogP contribution in [0.5, 0.6) is 0 Å².